The summed E-state index contributed by atoms with van der Waals surface area (Å²) in [7, 11) is -3.61. The lowest BCUT2D eigenvalue weighted by Gasteiger charge is -2.22. The second kappa shape index (κ2) is 5.52. The third kappa shape index (κ3) is 3.19. The zero-order chi connectivity index (χ0) is 13.2. The van der Waals surface area contributed by atoms with Crippen LogP contribution in [0.4, 0.5) is 0 Å². The van der Waals surface area contributed by atoms with Crippen molar-refractivity contribution in [3.05, 3.63) is 15.4 Å². The lowest BCUT2D eigenvalue weighted by molar-refractivity contribution is 0.0200. The summed E-state index contributed by atoms with van der Waals surface area (Å²) in [6, 6.07) is 0. The first-order chi connectivity index (χ1) is 8.49. The highest BCUT2D eigenvalue weighted by atomic mass is 32.2. The molecule has 0 radical (unpaired) electrons. The molecule has 1 aromatic rings. The molecule has 1 fully saturated rings. The zero-order valence-corrected chi connectivity index (χ0v) is 11.7. The van der Waals surface area contributed by atoms with Gasteiger partial charge in [0.15, 0.2) is 4.21 Å². The second-order valence-corrected chi connectivity index (χ2v) is 7.21. The van der Waals surface area contributed by atoms with Gasteiger partial charge in [-0.05, 0) is 26.2 Å². The molecule has 6 nitrogen and oxygen atoms in total. The number of sulfonamides is 1. The van der Waals surface area contributed by atoms with Gasteiger partial charge < -0.3 is 9.72 Å². The Balaban J connectivity index is 2.03. The Morgan fingerprint density at radius 2 is 2.28 bits per heavy atom. The van der Waals surface area contributed by atoms with Crippen LogP contribution in [0.3, 0.4) is 0 Å². The Kier molecular flexibility index (Phi) is 4.21. The number of H-pyrrole nitrogens is 1. The van der Waals surface area contributed by atoms with E-state index >= 15 is 0 Å². The predicted molar refractivity (Wildman–Crippen MR) is 68.5 cm³/mol. The molecule has 1 aromatic heterocycles. The van der Waals surface area contributed by atoms with Gasteiger partial charge >= 0.3 is 4.87 Å². The van der Waals surface area contributed by atoms with Crippen molar-refractivity contribution in [3.63, 3.8) is 0 Å². The summed E-state index contributed by atoms with van der Waals surface area (Å²) >= 11 is 0.706. The van der Waals surface area contributed by atoms with Gasteiger partial charge in [-0.1, -0.05) is 11.3 Å². The molecular formula is C10H16N2O4S2. The summed E-state index contributed by atoms with van der Waals surface area (Å²) in [5, 5.41) is 0. The van der Waals surface area contributed by atoms with Crippen LogP contribution in [0.2, 0.25) is 0 Å². The number of aromatic amines is 1. The molecule has 2 heterocycles. The van der Waals surface area contributed by atoms with Gasteiger partial charge in [0.2, 0.25) is 0 Å². The van der Waals surface area contributed by atoms with Crippen LogP contribution in [-0.4, -0.2) is 32.7 Å². The van der Waals surface area contributed by atoms with E-state index in [2.05, 4.69) is 9.71 Å². The average Bonchev–Trinajstić information content (AvgIpc) is 2.68. The fraction of sp³-hybridized carbons (Fsp3) is 0.700. The first-order valence-corrected chi connectivity index (χ1v) is 8.10. The number of aromatic nitrogens is 1. The Bertz CT molecular complexity index is 555. The number of hydrogen-bond acceptors (Lipinski definition) is 5. The molecule has 0 aromatic carbocycles. The molecule has 0 spiro atoms. The van der Waals surface area contributed by atoms with Crippen molar-refractivity contribution in [1.82, 2.24) is 9.71 Å². The van der Waals surface area contributed by atoms with Gasteiger partial charge in [-0.2, -0.15) is 0 Å². The van der Waals surface area contributed by atoms with E-state index in [9.17, 15) is 13.2 Å². The molecule has 18 heavy (non-hydrogen) atoms. The molecule has 0 saturated carbocycles. The largest absolute Gasteiger partial charge is 0.377 e. The van der Waals surface area contributed by atoms with Gasteiger partial charge in [0, 0.05) is 18.8 Å². The molecule has 2 rings (SSSR count). The van der Waals surface area contributed by atoms with Crippen LogP contribution >= 0.6 is 11.3 Å². The van der Waals surface area contributed by atoms with Crippen molar-refractivity contribution in [2.45, 2.75) is 36.5 Å². The molecule has 1 aliphatic rings. The molecule has 8 heteroatoms. The Morgan fingerprint density at radius 1 is 1.50 bits per heavy atom. The van der Waals surface area contributed by atoms with Crippen LogP contribution < -0.4 is 9.60 Å². The minimum absolute atomic E-state index is 0.0586. The standard InChI is InChI=1S/C10H16N2O4S2/c1-7-9(17-10(13)12-7)18(14,15)11-6-8-4-2-3-5-16-8/h8,11H,2-6H2,1H3,(H,12,13). The Hall–Kier alpha value is -0.700. The average molecular weight is 292 g/mol. The summed E-state index contributed by atoms with van der Waals surface area (Å²) in [6.45, 7) is 2.51. The van der Waals surface area contributed by atoms with E-state index in [0.29, 0.717) is 23.6 Å². The van der Waals surface area contributed by atoms with Crippen molar-refractivity contribution < 1.29 is 13.2 Å². The van der Waals surface area contributed by atoms with E-state index in [-0.39, 0.29) is 21.7 Å². The highest BCUT2D eigenvalue weighted by molar-refractivity contribution is 7.91. The summed E-state index contributed by atoms with van der Waals surface area (Å²) < 4.78 is 32.0. The number of rotatable bonds is 4. The number of aryl methyl sites for hydroxylation is 1. The Morgan fingerprint density at radius 3 is 2.83 bits per heavy atom. The SMILES string of the molecule is Cc1[nH]c(=O)sc1S(=O)(=O)NCC1CCCCO1. The van der Waals surface area contributed by atoms with E-state index in [1.165, 1.54) is 0 Å². The third-order valence-corrected chi connectivity index (χ3v) is 5.83. The molecular weight excluding hydrogens is 276 g/mol. The molecule has 1 aliphatic heterocycles. The van der Waals surface area contributed by atoms with Crippen LogP contribution in [0.5, 0.6) is 0 Å². The smallest absolute Gasteiger partial charge is 0.305 e. The maximum atomic E-state index is 12.0. The quantitative estimate of drug-likeness (QED) is 0.850. The van der Waals surface area contributed by atoms with Crippen molar-refractivity contribution >= 4 is 21.4 Å². The van der Waals surface area contributed by atoms with Gasteiger partial charge in [-0.3, -0.25) is 4.79 Å². The molecule has 102 valence electrons. The third-order valence-electron chi connectivity index (χ3n) is 2.80. The highest BCUT2D eigenvalue weighted by Gasteiger charge is 2.22. The van der Waals surface area contributed by atoms with E-state index in [0.717, 1.165) is 19.3 Å². The highest BCUT2D eigenvalue weighted by Crippen LogP contribution is 2.17. The number of nitrogens with one attached hydrogen (secondary N) is 2. The lowest BCUT2D eigenvalue weighted by Crippen LogP contribution is -2.35. The van der Waals surface area contributed by atoms with Gasteiger partial charge in [0.1, 0.15) is 0 Å². The normalized spacial score (nSPS) is 21.1. The maximum Gasteiger partial charge on any atom is 0.305 e. The van der Waals surface area contributed by atoms with Gasteiger partial charge in [-0.25, -0.2) is 13.1 Å². The number of thiazole rings is 1. The van der Waals surface area contributed by atoms with Gasteiger partial charge in [0.25, 0.3) is 10.0 Å². The number of hydrogen-bond donors (Lipinski definition) is 2. The first kappa shape index (κ1) is 13.7. The van der Waals surface area contributed by atoms with Crippen molar-refractivity contribution in [2.24, 2.45) is 0 Å². The van der Waals surface area contributed by atoms with Crippen LogP contribution in [0.1, 0.15) is 25.0 Å². The molecule has 0 amide bonds. The fourth-order valence-corrected chi connectivity index (χ4v) is 4.29. The molecule has 2 N–H and O–H groups in total. The minimum atomic E-state index is -3.61. The first-order valence-electron chi connectivity index (χ1n) is 5.80. The summed E-state index contributed by atoms with van der Waals surface area (Å²) in [5.74, 6) is 0. The van der Waals surface area contributed by atoms with E-state index < -0.39 is 10.0 Å². The van der Waals surface area contributed by atoms with E-state index in [1.807, 2.05) is 0 Å². The molecule has 0 bridgehead atoms. The molecule has 1 atom stereocenters. The van der Waals surface area contributed by atoms with Crippen LogP contribution in [-0.2, 0) is 14.8 Å². The van der Waals surface area contributed by atoms with Crippen LogP contribution in [0.15, 0.2) is 9.00 Å². The van der Waals surface area contributed by atoms with Crippen LogP contribution in [0, 0.1) is 6.92 Å². The second-order valence-electron chi connectivity index (χ2n) is 4.27. The lowest BCUT2D eigenvalue weighted by atomic mass is 10.1. The van der Waals surface area contributed by atoms with Crippen molar-refractivity contribution in [2.75, 3.05) is 13.2 Å². The Labute approximate surface area is 109 Å². The molecule has 1 saturated heterocycles. The topological polar surface area (TPSA) is 88.3 Å². The van der Waals surface area contributed by atoms with Crippen LogP contribution in [0.25, 0.3) is 0 Å². The summed E-state index contributed by atoms with van der Waals surface area (Å²) in [6.07, 6.45) is 2.89. The summed E-state index contributed by atoms with van der Waals surface area (Å²) in [5.41, 5.74) is 0.377. The zero-order valence-electron chi connectivity index (χ0n) is 10.1. The summed E-state index contributed by atoms with van der Waals surface area (Å²) in [4.78, 5) is 13.2. The van der Waals surface area contributed by atoms with Crippen molar-refractivity contribution in [3.8, 4) is 0 Å². The van der Waals surface area contributed by atoms with Gasteiger partial charge in [-0.15, -0.1) is 0 Å². The maximum absolute atomic E-state index is 12.0. The predicted octanol–water partition coefficient (Wildman–Crippen LogP) is 0.592. The van der Waals surface area contributed by atoms with Crippen molar-refractivity contribution in [1.29, 1.82) is 0 Å². The number of ether oxygens (including phenoxy) is 1. The van der Waals surface area contributed by atoms with E-state index in [4.69, 9.17) is 4.74 Å². The van der Waals surface area contributed by atoms with E-state index in [1.54, 1.807) is 6.92 Å². The molecule has 0 aliphatic carbocycles. The fourth-order valence-electron chi connectivity index (χ4n) is 1.88. The minimum Gasteiger partial charge on any atom is -0.377 e. The van der Waals surface area contributed by atoms with Gasteiger partial charge in [0.05, 0.1) is 6.10 Å². The monoisotopic (exact) mass is 292 g/mol. The molecule has 1 unspecified atom stereocenters.